The van der Waals surface area contributed by atoms with E-state index in [4.69, 9.17) is 9.47 Å². The first-order valence-electron chi connectivity index (χ1n) is 7.36. The average Bonchev–Trinajstić information content (AvgIpc) is 2.42. The van der Waals surface area contributed by atoms with Gasteiger partial charge < -0.3 is 14.8 Å². The molecule has 6 heteroatoms. The summed E-state index contributed by atoms with van der Waals surface area (Å²) in [6.07, 6.45) is -0.644. The predicted molar refractivity (Wildman–Crippen MR) is 91.6 cm³/mol. The lowest BCUT2D eigenvalue weighted by Crippen LogP contribution is -2.53. The molecule has 0 radical (unpaired) electrons. The highest BCUT2D eigenvalue weighted by Crippen LogP contribution is 2.35. The predicted octanol–water partition coefficient (Wildman–Crippen LogP) is 3.62. The molecule has 1 aromatic rings. The third-order valence-corrected chi connectivity index (χ3v) is 4.19. The van der Waals surface area contributed by atoms with Crippen molar-refractivity contribution in [2.24, 2.45) is 0 Å². The smallest absolute Gasteiger partial charge is 0.408 e. The first-order chi connectivity index (χ1) is 10.5. The second-order valence-corrected chi connectivity index (χ2v) is 8.35. The number of esters is 1. The molecule has 0 fully saturated rings. The Morgan fingerprint density at radius 3 is 2.13 bits per heavy atom. The molecule has 1 N–H and O–H groups in total. The van der Waals surface area contributed by atoms with E-state index in [1.54, 1.807) is 20.8 Å². The second-order valence-electron chi connectivity index (χ2n) is 6.62. The van der Waals surface area contributed by atoms with Crippen LogP contribution in [0.4, 0.5) is 4.79 Å². The first-order valence-corrected chi connectivity index (χ1v) is 8.18. The van der Waals surface area contributed by atoms with Crippen LogP contribution < -0.4 is 5.32 Å². The molecular weight excluding hydrogens is 314 g/mol. The van der Waals surface area contributed by atoms with Crippen molar-refractivity contribution >= 4 is 23.8 Å². The van der Waals surface area contributed by atoms with Gasteiger partial charge in [0.2, 0.25) is 0 Å². The van der Waals surface area contributed by atoms with E-state index >= 15 is 0 Å². The molecule has 1 amide bonds. The fourth-order valence-electron chi connectivity index (χ4n) is 1.91. The molecule has 1 aromatic carbocycles. The minimum atomic E-state index is -0.840. The summed E-state index contributed by atoms with van der Waals surface area (Å²) in [5, 5.41) is 2.63. The van der Waals surface area contributed by atoms with Crippen molar-refractivity contribution in [3.05, 3.63) is 30.3 Å². The van der Waals surface area contributed by atoms with Crippen molar-refractivity contribution in [2.75, 3.05) is 7.11 Å². The van der Waals surface area contributed by atoms with Crippen LogP contribution in [0.2, 0.25) is 0 Å². The van der Waals surface area contributed by atoms with Crippen molar-refractivity contribution in [1.82, 2.24) is 5.32 Å². The highest BCUT2D eigenvalue weighted by molar-refractivity contribution is 8.00. The maximum absolute atomic E-state index is 12.1. The zero-order valence-corrected chi connectivity index (χ0v) is 15.3. The zero-order chi connectivity index (χ0) is 17.7. The third kappa shape index (κ3) is 6.52. The summed E-state index contributed by atoms with van der Waals surface area (Å²) in [7, 11) is 1.30. The summed E-state index contributed by atoms with van der Waals surface area (Å²) in [6.45, 7) is 9.06. The van der Waals surface area contributed by atoms with Gasteiger partial charge in [-0.3, -0.25) is 0 Å². The van der Waals surface area contributed by atoms with E-state index in [0.717, 1.165) is 4.90 Å². The van der Waals surface area contributed by atoms with Gasteiger partial charge in [0.05, 0.1) is 7.11 Å². The van der Waals surface area contributed by atoms with Crippen LogP contribution in [0.3, 0.4) is 0 Å². The Balaban J connectivity index is 2.91. The molecule has 0 spiro atoms. The number of thioether (sulfide) groups is 1. The van der Waals surface area contributed by atoms with E-state index in [2.05, 4.69) is 5.32 Å². The molecule has 0 aromatic heterocycles. The summed E-state index contributed by atoms with van der Waals surface area (Å²) in [5.41, 5.74) is -0.637. The van der Waals surface area contributed by atoms with Crippen molar-refractivity contribution in [3.63, 3.8) is 0 Å². The SMILES string of the molecule is COC(=O)C(NC(=O)OC(C)(C)C)C(C)(C)Sc1ccccc1. The van der Waals surface area contributed by atoms with Crippen LogP contribution >= 0.6 is 11.8 Å². The van der Waals surface area contributed by atoms with Gasteiger partial charge in [-0.1, -0.05) is 18.2 Å². The fourth-order valence-corrected chi connectivity index (χ4v) is 3.08. The number of hydrogen-bond donors (Lipinski definition) is 1. The molecule has 0 saturated carbocycles. The van der Waals surface area contributed by atoms with Crippen LogP contribution in [-0.2, 0) is 14.3 Å². The van der Waals surface area contributed by atoms with Crippen LogP contribution in [0, 0.1) is 0 Å². The largest absolute Gasteiger partial charge is 0.467 e. The third-order valence-electron chi connectivity index (χ3n) is 2.92. The highest BCUT2D eigenvalue weighted by Gasteiger charge is 2.39. The van der Waals surface area contributed by atoms with Crippen LogP contribution in [-0.4, -0.2) is 35.6 Å². The summed E-state index contributed by atoms with van der Waals surface area (Å²) in [5.74, 6) is -0.510. The topological polar surface area (TPSA) is 64.6 Å². The molecule has 0 aliphatic carbocycles. The van der Waals surface area contributed by atoms with Gasteiger partial charge in [-0.15, -0.1) is 11.8 Å². The maximum Gasteiger partial charge on any atom is 0.408 e. The van der Waals surface area contributed by atoms with Crippen molar-refractivity contribution < 1.29 is 19.1 Å². The Morgan fingerprint density at radius 2 is 1.65 bits per heavy atom. The van der Waals surface area contributed by atoms with Crippen molar-refractivity contribution in [2.45, 2.75) is 55.9 Å². The van der Waals surface area contributed by atoms with Crippen LogP contribution in [0.5, 0.6) is 0 Å². The molecule has 128 valence electrons. The average molecular weight is 339 g/mol. The number of nitrogens with one attached hydrogen (secondary N) is 1. The Morgan fingerprint density at radius 1 is 1.09 bits per heavy atom. The zero-order valence-electron chi connectivity index (χ0n) is 14.5. The molecule has 5 nitrogen and oxygen atoms in total. The lowest BCUT2D eigenvalue weighted by Gasteiger charge is -2.33. The molecule has 23 heavy (non-hydrogen) atoms. The van der Waals surface area contributed by atoms with Crippen molar-refractivity contribution in [1.29, 1.82) is 0 Å². The van der Waals surface area contributed by atoms with E-state index in [1.165, 1.54) is 18.9 Å². The van der Waals surface area contributed by atoms with Crippen molar-refractivity contribution in [3.8, 4) is 0 Å². The number of carbonyl (C=O) groups is 2. The number of hydrogen-bond acceptors (Lipinski definition) is 5. The number of carbonyl (C=O) groups excluding carboxylic acids is 2. The molecule has 1 unspecified atom stereocenters. The minimum Gasteiger partial charge on any atom is -0.467 e. The highest BCUT2D eigenvalue weighted by atomic mass is 32.2. The number of rotatable bonds is 5. The van der Waals surface area contributed by atoms with Gasteiger partial charge in [0, 0.05) is 9.64 Å². The van der Waals surface area contributed by atoms with Gasteiger partial charge in [-0.2, -0.15) is 0 Å². The van der Waals surface area contributed by atoms with Gasteiger partial charge in [-0.05, 0) is 46.8 Å². The van der Waals surface area contributed by atoms with Gasteiger partial charge in [0.15, 0.2) is 0 Å². The molecular formula is C17H25NO4S. The monoisotopic (exact) mass is 339 g/mol. The molecule has 1 atom stereocenters. The Bertz CT molecular complexity index is 537. The number of benzene rings is 1. The standard InChI is InChI=1S/C17H25NO4S/c1-16(2,3)22-15(20)18-13(14(19)21-6)17(4,5)23-12-10-8-7-9-11-12/h7-11,13H,1-6H3,(H,18,20). The van der Waals surface area contributed by atoms with Crippen LogP contribution in [0.25, 0.3) is 0 Å². The second kappa shape index (κ2) is 7.73. The molecule has 0 heterocycles. The van der Waals surface area contributed by atoms with Gasteiger partial charge in [-0.25, -0.2) is 9.59 Å². The fraction of sp³-hybridized carbons (Fsp3) is 0.529. The number of ether oxygens (including phenoxy) is 2. The molecule has 0 aliphatic rings. The summed E-state index contributed by atoms with van der Waals surface area (Å²) in [6, 6.07) is 8.84. The number of amides is 1. The van der Waals surface area contributed by atoms with Gasteiger partial charge in [0.1, 0.15) is 11.6 Å². The summed E-state index contributed by atoms with van der Waals surface area (Å²) < 4.78 is 9.47. The first kappa shape index (κ1) is 19.4. The Kier molecular flexibility index (Phi) is 6.50. The summed E-state index contributed by atoms with van der Waals surface area (Å²) >= 11 is 1.49. The van der Waals surface area contributed by atoms with E-state index in [9.17, 15) is 9.59 Å². The van der Waals surface area contributed by atoms with E-state index in [0.29, 0.717) is 0 Å². The lowest BCUT2D eigenvalue weighted by molar-refractivity contribution is -0.143. The maximum atomic E-state index is 12.1. The quantitative estimate of drug-likeness (QED) is 0.655. The normalized spacial score (nSPS) is 13.1. The minimum absolute atomic E-state index is 0.510. The molecule has 0 aliphatic heterocycles. The molecule has 0 saturated heterocycles. The number of alkyl carbamates (subject to hydrolysis) is 1. The molecule has 1 rings (SSSR count). The summed E-state index contributed by atoms with van der Waals surface area (Å²) in [4.78, 5) is 25.2. The van der Waals surface area contributed by atoms with Crippen LogP contribution in [0.1, 0.15) is 34.6 Å². The van der Waals surface area contributed by atoms with E-state index in [1.807, 2.05) is 44.2 Å². The van der Waals surface area contributed by atoms with Gasteiger partial charge >= 0.3 is 12.1 Å². The van der Waals surface area contributed by atoms with Gasteiger partial charge in [0.25, 0.3) is 0 Å². The Labute approximate surface area is 142 Å². The molecule has 0 bridgehead atoms. The number of methoxy groups -OCH3 is 1. The van der Waals surface area contributed by atoms with E-state index < -0.39 is 28.5 Å². The van der Waals surface area contributed by atoms with E-state index in [-0.39, 0.29) is 0 Å². The Hall–Kier alpha value is -1.69. The van der Waals surface area contributed by atoms with Crippen LogP contribution in [0.15, 0.2) is 35.2 Å². The lowest BCUT2D eigenvalue weighted by atomic mass is 10.0.